The summed E-state index contributed by atoms with van der Waals surface area (Å²) in [7, 11) is -4.62. The second kappa shape index (κ2) is 9.13. The lowest BCUT2D eigenvalue weighted by atomic mass is 9.62. The highest BCUT2D eigenvalue weighted by Crippen LogP contribution is 2.48. The standard InChI is InChI=1S/C27H25O4P/c1-27(23-15-9-4-10-16-23,24-17-19-25(20-18-24)31-32(28,29)30)26(21-11-5-2-6-12-21)22-13-7-3-8-14-22/h2-20,26H,1H3,(H2,28,29,30). The van der Waals surface area contributed by atoms with Gasteiger partial charge >= 0.3 is 7.82 Å². The predicted octanol–water partition coefficient (Wildman–Crippen LogP) is 6.30. The molecule has 2 N–H and O–H groups in total. The minimum atomic E-state index is -4.62. The average molecular weight is 444 g/mol. The molecule has 162 valence electrons. The highest BCUT2D eigenvalue weighted by Gasteiger charge is 2.39. The summed E-state index contributed by atoms with van der Waals surface area (Å²) < 4.78 is 16.0. The minimum Gasteiger partial charge on any atom is -0.404 e. The fourth-order valence-electron chi connectivity index (χ4n) is 4.43. The zero-order valence-electron chi connectivity index (χ0n) is 17.7. The fourth-order valence-corrected chi connectivity index (χ4v) is 4.83. The molecule has 0 spiro atoms. The Morgan fingerprint density at radius 2 is 1.06 bits per heavy atom. The van der Waals surface area contributed by atoms with Crippen LogP contribution in [0.15, 0.2) is 115 Å². The van der Waals surface area contributed by atoms with Gasteiger partial charge in [0.2, 0.25) is 0 Å². The molecule has 0 fully saturated rings. The van der Waals surface area contributed by atoms with E-state index in [1.54, 1.807) is 12.1 Å². The van der Waals surface area contributed by atoms with E-state index in [0.29, 0.717) is 0 Å². The van der Waals surface area contributed by atoms with E-state index in [2.05, 4.69) is 43.3 Å². The molecule has 0 amide bonds. The molecule has 5 heteroatoms. The SMILES string of the molecule is CC(c1ccccc1)(c1ccc(OP(=O)(O)O)cc1)C(c1ccccc1)c1ccccc1. The maximum Gasteiger partial charge on any atom is 0.524 e. The van der Waals surface area contributed by atoms with E-state index in [1.807, 2.05) is 66.7 Å². The third-order valence-electron chi connectivity index (χ3n) is 5.89. The van der Waals surface area contributed by atoms with Crippen molar-refractivity contribution < 1.29 is 18.9 Å². The van der Waals surface area contributed by atoms with Crippen LogP contribution in [0.1, 0.15) is 35.1 Å². The van der Waals surface area contributed by atoms with Crippen molar-refractivity contribution in [1.82, 2.24) is 0 Å². The molecule has 0 saturated heterocycles. The van der Waals surface area contributed by atoms with Crippen LogP contribution in [0.3, 0.4) is 0 Å². The summed E-state index contributed by atoms with van der Waals surface area (Å²) in [6, 6.07) is 38.1. The molecule has 4 aromatic rings. The van der Waals surface area contributed by atoms with Crippen LogP contribution in [0.4, 0.5) is 0 Å². The predicted molar refractivity (Wildman–Crippen MR) is 127 cm³/mol. The lowest BCUT2D eigenvalue weighted by Crippen LogP contribution is -2.32. The molecule has 1 atom stereocenters. The normalized spacial score (nSPS) is 13.5. The maximum absolute atomic E-state index is 11.3. The molecule has 0 heterocycles. The molecule has 4 rings (SSSR count). The molecule has 0 aliphatic heterocycles. The Bertz CT molecular complexity index is 1150. The third-order valence-corrected chi connectivity index (χ3v) is 6.34. The summed E-state index contributed by atoms with van der Waals surface area (Å²) in [5.41, 5.74) is 4.05. The first kappa shape index (κ1) is 22.0. The van der Waals surface area contributed by atoms with E-state index in [-0.39, 0.29) is 11.7 Å². The molecular formula is C27H25O4P. The van der Waals surface area contributed by atoms with Gasteiger partial charge in [-0.05, 0) is 34.4 Å². The van der Waals surface area contributed by atoms with Crippen molar-refractivity contribution in [1.29, 1.82) is 0 Å². The number of rotatable bonds is 7. The van der Waals surface area contributed by atoms with Gasteiger partial charge in [0.05, 0.1) is 0 Å². The topological polar surface area (TPSA) is 66.8 Å². The summed E-state index contributed by atoms with van der Waals surface area (Å²) in [5, 5.41) is 0. The second-order valence-electron chi connectivity index (χ2n) is 7.93. The van der Waals surface area contributed by atoms with Crippen LogP contribution < -0.4 is 4.52 Å². The van der Waals surface area contributed by atoms with Crippen LogP contribution in [0.5, 0.6) is 5.75 Å². The van der Waals surface area contributed by atoms with Crippen LogP contribution in [0, 0.1) is 0 Å². The van der Waals surface area contributed by atoms with E-state index in [4.69, 9.17) is 14.3 Å². The van der Waals surface area contributed by atoms with Crippen molar-refractivity contribution in [2.75, 3.05) is 0 Å². The van der Waals surface area contributed by atoms with Crippen LogP contribution >= 0.6 is 7.82 Å². The molecule has 0 aliphatic rings. The maximum atomic E-state index is 11.3. The first-order valence-electron chi connectivity index (χ1n) is 10.4. The summed E-state index contributed by atoms with van der Waals surface area (Å²) in [6.07, 6.45) is 0. The smallest absolute Gasteiger partial charge is 0.404 e. The van der Waals surface area contributed by atoms with Crippen molar-refractivity contribution in [2.24, 2.45) is 0 Å². The van der Waals surface area contributed by atoms with Gasteiger partial charge in [-0.15, -0.1) is 0 Å². The average Bonchev–Trinajstić information content (AvgIpc) is 2.80. The van der Waals surface area contributed by atoms with Gasteiger partial charge in [-0.2, -0.15) is 0 Å². The van der Waals surface area contributed by atoms with E-state index in [0.717, 1.165) is 11.1 Å². The molecule has 0 radical (unpaired) electrons. The quantitative estimate of drug-likeness (QED) is 0.329. The molecule has 0 bridgehead atoms. The van der Waals surface area contributed by atoms with Crippen molar-refractivity contribution in [3.05, 3.63) is 138 Å². The zero-order chi connectivity index (χ0) is 22.6. The van der Waals surface area contributed by atoms with Crippen molar-refractivity contribution in [3.8, 4) is 5.75 Å². The number of phosphoric acid groups is 1. The molecule has 1 unspecified atom stereocenters. The van der Waals surface area contributed by atoms with Gasteiger partial charge in [-0.3, -0.25) is 9.79 Å². The summed E-state index contributed by atoms with van der Waals surface area (Å²) in [4.78, 5) is 18.3. The van der Waals surface area contributed by atoms with Crippen molar-refractivity contribution in [3.63, 3.8) is 0 Å². The number of phosphoric ester groups is 1. The number of hydrogen-bond acceptors (Lipinski definition) is 2. The van der Waals surface area contributed by atoms with Gasteiger partial charge in [0.1, 0.15) is 5.75 Å². The Balaban J connectivity index is 1.92. The summed E-state index contributed by atoms with van der Waals surface area (Å²) >= 11 is 0. The highest BCUT2D eigenvalue weighted by atomic mass is 31.2. The van der Waals surface area contributed by atoms with E-state index in [9.17, 15) is 4.57 Å². The molecule has 32 heavy (non-hydrogen) atoms. The molecule has 0 aliphatic carbocycles. The first-order chi connectivity index (χ1) is 15.4. The second-order valence-corrected chi connectivity index (χ2v) is 9.09. The van der Waals surface area contributed by atoms with E-state index >= 15 is 0 Å². The van der Waals surface area contributed by atoms with Crippen LogP contribution in [-0.4, -0.2) is 9.79 Å². The minimum absolute atomic E-state index is 0.000788. The number of benzene rings is 4. The lowest BCUT2D eigenvalue weighted by molar-refractivity contribution is 0.283. The Hall–Kier alpha value is -3.17. The molecule has 4 aromatic carbocycles. The Morgan fingerprint density at radius 3 is 1.50 bits per heavy atom. The Kier molecular flexibility index (Phi) is 6.29. The first-order valence-corrected chi connectivity index (χ1v) is 11.9. The van der Waals surface area contributed by atoms with Gasteiger partial charge < -0.3 is 4.52 Å². The van der Waals surface area contributed by atoms with Crippen LogP contribution in [0.25, 0.3) is 0 Å². The lowest BCUT2D eigenvalue weighted by Gasteiger charge is -2.40. The van der Waals surface area contributed by atoms with Gasteiger partial charge in [-0.25, -0.2) is 4.57 Å². The molecule has 4 nitrogen and oxygen atoms in total. The molecule has 0 saturated carbocycles. The summed E-state index contributed by atoms with van der Waals surface area (Å²) in [5.74, 6) is 0.134. The summed E-state index contributed by atoms with van der Waals surface area (Å²) in [6.45, 7) is 2.21. The largest absolute Gasteiger partial charge is 0.524 e. The fraction of sp³-hybridized carbons (Fsp3) is 0.111. The van der Waals surface area contributed by atoms with Gasteiger partial charge in [-0.1, -0.05) is 110 Å². The van der Waals surface area contributed by atoms with Crippen molar-refractivity contribution >= 4 is 7.82 Å². The molecular weight excluding hydrogens is 419 g/mol. The highest BCUT2D eigenvalue weighted by molar-refractivity contribution is 7.46. The van der Waals surface area contributed by atoms with Crippen molar-refractivity contribution in [2.45, 2.75) is 18.3 Å². The van der Waals surface area contributed by atoms with Crippen LogP contribution in [-0.2, 0) is 9.98 Å². The molecule has 0 aromatic heterocycles. The Labute approximate surface area is 188 Å². The Morgan fingerprint density at radius 1 is 0.656 bits per heavy atom. The zero-order valence-corrected chi connectivity index (χ0v) is 18.6. The number of hydrogen-bond donors (Lipinski definition) is 2. The van der Waals surface area contributed by atoms with Gasteiger partial charge in [0, 0.05) is 11.3 Å². The van der Waals surface area contributed by atoms with E-state index in [1.165, 1.54) is 11.1 Å². The monoisotopic (exact) mass is 444 g/mol. The van der Waals surface area contributed by atoms with Crippen LogP contribution in [0.2, 0.25) is 0 Å². The van der Waals surface area contributed by atoms with E-state index < -0.39 is 13.2 Å². The third kappa shape index (κ3) is 4.68. The van der Waals surface area contributed by atoms with Gasteiger partial charge in [0.25, 0.3) is 0 Å². The van der Waals surface area contributed by atoms with Gasteiger partial charge in [0.15, 0.2) is 0 Å².